The lowest BCUT2D eigenvalue weighted by atomic mass is 10.2. The first-order valence-corrected chi connectivity index (χ1v) is 7.69. The summed E-state index contributed by atoms with van der Waals surface area (Å²) < 4.78 is 104. The molecule has 0 spiro atoms. The average Bonchev–Trinajstić information content (AvgIpc) is 2.89. The third-order valence-electron chi connectivity index (χ3n) is 3.11. The van der Waals surface area contributed by atoms with E-state index in [0.29, 0.717) is 0 Å². The second-order valence-corrected chi connectivity index (χ2v) is 6.31. The summed E-state index contributed by atoms with van der Waals surface area (Å²) in [5.41, 5.74) is 0. The Morgan fingerprint density at radius 3 is 1.87 bits per heavy atom. The van der Waals surface area contributed by atoms with E-state index in [1.54, 1.807) is 0 Å². The monoisotopic (exact) mass is 362 g/mol. The zero-order valence-corrected chi connectivity index (χ0v) is 12.5. The predicted molar refractivity (Wildman–Crippen MR) is 64.3 cm³/mol. The molecule has 1 fully saturated rings. The molecule has 0 unspecified atom stereocenters. The molecule has 0 amide bonds. The summed E-state index contributed by atoms with van der Waals surface area (Å²) in [5, 5.41) is 0. The molecule has 130 valence electrons. The van der Waals surface area contributed by atoms with Gasteiger partial charge in [0, 0.05) is 6.42 Å². The molecule has 0 bridgehead atoms. The van der Waals surface area contributed by atoms with Crippen LogP contribution < -0.4 is 0 Å². The fraction of sp³-hybridized carbons (Fsp3) is 0.500. The number of ether oxygens (including phenoxy) is 2. The van der Waals surface area contributed by atoms with Crippen LogP contribution in [0.4, 0.5) is 22.0 Å². The van der Waals surface area contributed by atoms with Gasteiger partial charge in [-0.25, -0.2) is 22.0 Å². The molecule has 11 heteroatoms. The van der Waals surface area contributed by atoms with Crippen molar-refractivity contribution in [1.29, 1.82) is 0 Å². The van der Waals surface area contributed by atoms with Crippen LogP contribution in [0.3, 0.4) is 0 Å². The Hall–Kier alpha value is -1.30. The van der Waals surface area contributed by atoms with Gasteiger partial charge in [-0.1, -0.05) is 0 Å². The minimum absolute atomic E-state index is 0.137. The first-order chi connectivity index (χ1) is 10.6. The molecule has 0 atom stereocenters. The van der Waals surface area contributed by atoms with E-state index in [9.17, 15) is 30.4 Å². The van der Waals surface area contributed by atoms with Crippen LogP contribution in [0.5, 0.6) is 0 Å². The maximum absolute atomic E-state index is 13.5. The van der Waals surface area contributed by atoms with Gasteiger partial charge in [-0.05, 0) is 6.92 Å². The third kappa shape index (κ3) is 3.47. The second kappa shape index (κ2) is 6.30. The van der Waals surface area contributed by atoms with E-state index in [-0.39, 0.29) is 19.6 Å². The van der Waals surface area contributed by atoms with Gasteiger partial charge in [0.25, 0.3) is 0 Å². The number of halogens is 5. The van der Waals surface area contributed by atoms with Crippen molar-refractivity contribution in [2.45, 2.75) is 24.0 Å². The lowest BCUT2D eigenvalue weighted by molar-refractivity contribution is -0.150. The standard InChI is InChI=1S/C12H11F5O5S/c1-12(20-4-5-21-12)2-3-22-23(18,19)11-9(16)7(14)6(13)8(15)10(11)17/h2-5H2,1H3. The molecule has 0 saturated carbocycles. The molecule has 0 aromatic heterocycles. The van der Waals surface area contributed by atoms with Crippen LogP contribution >= 0.6 is 0 Å². The van der Waals surface area contributed by atoms with Gasteiger partial charge in [0.2, 0.25) is 5.82 Å². The van der Waals surface area contributed by atoms with Crippen molar-refractivity contribution in [3.05, 3.63) is 29.1 Å². The molecule has 0 aliphatic carbocycles. The molecule has 23 heavy (non-hydrogen) atoms. The van der Waals surface area contributed by atoms with E-state index in [0.717, 1.165) is 0 Å². The Morgan fingerprint density at radius 1 is 0.957 bits per heavy atom. The van der Waals surface area contributed by atoms with E-state index in [1.807, 2.05) is 0 Å². The maximum Gasteiger partial charge on any atom is 0.303 e. The molecule has 5 nitrogen and oxygen atoms in total. The number of hydrogen-bond acceptors (Lipinski definition) is 5. The highest BCUT2D eigenvalue weighted by Crippen LogP contribution is 2.29. The Balaban J connectivity index is 2.23. The van der Waals surface area contributed by atoms with Crippen molar-refractivity contribution < 1.29 is 44.0 Å². The zero-order valence-electron chi connectivity index (χ0n) is 11.7. The second-order valence-electron chi connectivity index (χ2n) is 4.76. The molecule has 1 aromatic carbocycles. The summed E-state index contributed by atoms with van der Waals surface area (Å²) >= 11 is 0. The summed E-state index contributed by atoms with van der Waals surface area (Å²) in [6, 6.07) is 0. The minimum Gasteiger partial charge on any atom is -0.348 e. The van der Waals surface area contributed by atoms with E-state index >= 15 is 0 Å². The van der Waals surface area contributed by atoms with Crippen LogP contribution in [-0.4, -0.2) is 34.0 Å². The van der Waals surface area contributed by atoms with Crippen LogP contribution in [0.2, 0.25) is 0 Å². The molecular formula is C12H11F5O5S. The van der Waals surface area contributed by atoms with Gasteiger partial charge < -0.3 is 9.47 Å². The summed E-state index contributed by atoms with van der Waals surface area (Å²) in [7, 11) is -5.21. The molecule has 1 aliphatic rings. The van der Waals surface area contributed by atoms with Gasteiger partial charge in [0.15, 0.2) is 34.0 Å². The molecule has 1 saturated heterocycles. The Kier molecular flexibility index (Phi) is 4.95. The van der Waals surface area contributed by atoms with Crippen LogP contribution in [0.25, 0.3) is 0 Å². The quantitative estimate of drug-likeness (QED) is 0.348. The van der Waals surface area contributed by atoms with E-state index in [1.165, 1.54) is 6.92 Å². The van der Waals surface area contributed by atoms with Gasteiger partial charge in [-0.15, -0.1) is 0 Å². The van der Waals surface area contributed by atoms with E-state index < -0.39 is 56.5 Å². The highest BCUT2D eigenvalue weighted by atomic mass is 32.2. The lowest BCUT2D eigenvalue weighted by Gasteiger charge is -2.21. The molecule has 1 heterocycles. The van der Waals surface area contributed by atoms with Gasteiger partial charge in [-0.3, -0.25) is 4.18 Å². The number of hydrogen-bond donors (Lipinski definition) is 0. The van der Waals surface area contributed by atoms with Crippen LogP contribution in [-0.2, 0) is 23.8 Å². The summed E-state index contributed by atoms with van der Waals surface area (Å²) in [5.74, 6) is -13.3. The average molecular weight is 362 g/mol. The number of benzene rings is 1. The largest absolute Gasteiger partial charge is 0.348 e. The molecule has 0 radical (unpaired) electrons. The molecule has 1 aromatic rings. The Labute approximate surface area is 128 Å². The fourth-order valence-electron chi connectivity index (χ4n) is 1.90. The highest BCUT2D eigenvalue weighted by Gasteiger charge is 2.36. The minimum atomic E-state index is -5.21. The molecule has 0 N–H and O–H groups in total. The first-order valence-electron chi connectivity index (χ1n) is 6.28. The normalized spacial score (nSPS) is 17.7. The zero-order chi connectivity index (χ0) is 17.4. The van der Waals surface area contributed by atoms with Crippen LogP contribution in [0, 0.1) is 29.1 Å². The Bertz CT molecular complexity index is 686. The SMILES string of the molecule is CC1(CCOS(=O)(=O)c2c(F)c(F)c(F)c(F)c2F)OCCO1. The summed E-state index contributed by atoms with van der Waals surface area (Å²) in [6.45, 7) is 1.37. The summed E-state index contributed by atoms with van der Waals surface area (Å²) in [6.07, 6.45) is -0.137. The maximum atomic E-state index is 13.5. The van der Waals surface area contributed by atoms with Crippen molar-refractivity contribution in [3.63, 3.8) is 0 Å². The Morgan fingerprint density at radius 2 is 1.39 bits per heavy atom. The van der Waals surface area contributed by atoms with Gasteiger partial charge >= 0.3 is 10.1 Å². The van der Waals surface area contributed by atoms with Crippen molar-refractivity contribution >= 4 is 10.1 Å². The van der Waals surface area contributed by atoms with E-state index in [2.05, 4.69) is 4.18 Å². The molecular weight excluding hydrogens is 351 g/mol. The smallest absolute Gasteiger partial charge is 0.303 e. The van der Waals surface area contributed by atoms with Gasteiger partial charge in [0.1, 0.15) is 0 Å². The van der Waals surface area contributed by atoms with Gasteiger partial charge in [-0.2, -0.15) is 8.42 Å². The summed E-state index contributed by atoms with van der Waals surface area (Å²) in [4.78, 5) is -2.03. The van der Waals surface area contributed by atoms with Crippen LogP contribution in [0.1, 0.15) is 13.3 Å². The topological polar surface area (TPSA) is 61.8 Å². The number of rotatable bonds is 5. The molecule has 1 aliphatic heterocycles. The van der Waals surface area contributed by atoms with E-state index in [4.69, 9.17) is 9.47 Å². The predicted octanol–water partition coefficient (Wildman–Crippen LogP) is 2.24. The van der Waals surface area contributed by atoms with Crippen molar-refractivity contribution in [3.8, 4) is 0 Å². The van der Waals surface area contributed by atoms with Crippen molar-refractivity contribution in [1.82, 2.24) is 0 Å². The van der Waals surface area contributed by atoms with Gasteiger partial charge in [0.05, 0.1) is 19.8 Å². The first kappa shape index (κ1) is 18.0. The molecule has 2 rings (SSSR count). The lowest BCUT2D eigenvalue weighted by Crippen LogP contribution is -2.28. The highest BCUT2D eigenvalue weighted by molar-refractivity contribution is 7.86. The fourth-order valence-corrected chi connectivity index (χ4v) is 2.94. The van der Waals surface area contributed by atoms with Crippen LogP contribution in [0.15, 0.2) is 4.90 Å². The van der Waals surface area contributed by atoms with Crippen molar-refractivity contribution in [2.75, 3.05) is 19.8 Å². The van der Waals surface area contributed by atoms with Crippen molar-refractivity contribution in [2.24, 2.45) is 0 Å². The third-order valence-corrected chi connectivity index (χ3v) is 4.45.